The summed E-state index contributed by atoms with van der Waals surface area (Å²) in [5, 5.41) is 11.1. The predicted octanol–water partition coefficient (Wildman–Crippen LogP) is 1.93. The molecule has 1 aromatic rings. The van der Waals surface area contributed by atoms with E-state index in [0.29, 0.717) is 21.9 Å². The number of thioether (sulfide) groups is 1. The zero-order valence-corrected chi connectivity index (χ0v) is 10.9. The minimum atomic E-state index is 0.362. The number of nitrogens with two attached hydrogens (primary N) is 1. The van der Waals surface area contributed by atoms with Crippen LogP contribution >= 0.6 is 23.3 Å². The van der Waals surface area contributed by atoms with Gasteiger partial charge in [-0.15, -0.1) is 0 Å². The number of nitrogen functional groups attached to an aromatic ring is 1. The van der Waals surface area contributed by atoms with Gasteiger partial charge in [0, 0.05) is 23.6 Å². The lowest BCUT2D eigenvalue weighted by atomic mass is 10.3. The number of rotatable bonds is 1. The number of nitriles is 1. The van der Waals surface area contributed by atoms with E-state index >= 15 is 0 Å². The second kappa shape index (κ2) is 4.52. The molecule has 1 aliphatic rings. The highest BCUT2D eigenvalue weighted by molar-refractivity contribution is 8.00. The van der Waals surface area contributed by atoms with Crippen LogP contribution in [0.25, 0.3) is 0 Å². The maximum atomic E-state index is 9.06. The van der Waals surface area contributed by atoms with E-state index in [4.69, 9.17) is 11.0 Å². The maximum Gasteiger partial charge on any atom is 0.157 e. The summed E-state index contributed by atoms with van der Waals surface area (Å²) in [6.07, 6.45) is 0. The first-order valence-corrected chi connectivity index (χ1v) is 6.89. The molecule has 0 saturated carbocycles. The molecule has 0 radical (unpaired) electrons. The first-order chi connectivity index (χ1) is 7.61. The van der Waals surface area contributed by atoms with Gasteiger partial charge >= 0.3 is 0 Å². The van der Waals surface area contributed by atoms with Crippen molar-refractivity contribution in [2.24, 2.45) is 0 Å². The number of hydrogen-bond donors (Lipinski definition) is 1. The minimum absolute atomic E-state index is 0.362. The summed E-state index contributed by atoms with van der Waals surface area (Å²) in [5.41, 5.74) is 6.21. The van der Waals surface area contributed by atoms with Crippen molar-refractivity contribution in [3.8, 4) is 6.07 Å². The fourth-order valence-electron chi connectivity index (χ4n) is 1.96. The third-order valence-corrected chi connectivity index (χ3v) is 4.67. The van der Waals surface area contributed by atoms with Gasteiger partial charge in [0.25, 0.3) is 0 Å². The van der Waals surface area contributed by atoms with Crippen LogP contribution in [0.3, 0.4) is 0 Å². The van der Waals surface area contributed by atoms with Crippen LogP contribution < -0.4 is 10.6 Å². The van der Waals surface area contributed by atoms with E-state index in [-0.39, 0.29) is 0 Å². The van der Waals surface area contributed by atoms with Crippen LogP contribution in [0.5, 0.6) is 0 Å². The van der Waals surface area contributed by atoms with Gasteiger partial charge < -0.3 is 10.6 Å². The van der Waals surface area contributed by atoms with Crippen molar-refractivity contribution in [2.75, 3.05) is 23.7 Å². The molecule has 1 fully saturated rings. The molecular formula is C10H14N4S2. The molecule has 1 aromatic heterocycles. The summed E-state index contributed by atoms with van der Waals surface area (Å²) in [6.45, 7) is 6.35. The first kappa shape index (κ1) is 11.6. The van der Waals surface area contributed by atoms with E-state index in [1.807, 2.05) is 11.8 Å². The highest BCUT2D eigenvalue weighted by atomic mass is 32.2. The van der Waals surface area contributed by atoms with Gasteiger partial charge in [0.1, 0.15) is 16.6 Å². The van der Waals surface area contributed by atoms with E-state index in [0.717, 1.165) is 18.1 Å². The fraction of sp³-hybridized carbons (Fsp3) is 0.600. The Hall–Kier alpha value is -0.930. The van der Waals surface area contributed by atoms with E-state index in [2.05, 4.69) is 29.2 Å². The number of anilines is 2. The number of hydrogen-bond acceptors (Lipinski definition) is 6. The Labute approximate surface area is 104 Å². The van der Waals surface area contributed by atoms with Crippen LogP contribution in [0.4, 0.5) is 10.8 Å². The van der Waals surface area contributed by atoms with Gasteiger partial charge in [0.15, 0.2) is 5.82 Å². The van der Waals surface area contributed by atoms with Crippen molar-refractivity contribution in [1.82, 2.24) is 4.37 Å². The second-order valence-electron chi connectivity index (χ2n) is 4.02. The van der Waals surface area contributed by atoms with Crippen LogP contribution in [-0.2, 0) is 0 Å². The second-order valence-corrected chi connectivity index (χ2v) is 6.66. The number of nitrogens with zero attached hydrogens (tertiary/aromatic N) is 3. The lowest BCUT2D eigenvalue weighted by Gasteiger charge is -2.35. The molecule has 1 aliphatic heterocycles. The van der Waals surface area contributed by atoms with Crippen LogP contribution in [0, 0.1) is 11.3 Å². The van der Waals surface area contributed by atoms with Gasteiger partial charge in [-0.1, -0.05) is 13.8 Å². The lowest BCUT2D eigenvalue weighted by molar-refractivity contribution is 0.733. The van der Waals surface area contributed by atoms with E-state index in [9.17, 15) is 0 Å². The Morgan fingerprint density at radius 1 is 1.44 bits per heavy atom. The molecule has 86 valence electrons. The average Bonchev–Trinajstić information content (AvgIpc) is 2.58. The Bertz CT molecular complexity index is 413. The molecule has 4 nitrogen and oxygen atoms in total. The highest BCUT2D eigenvalue weighted by Crippen LogP contribution is 2.34. The van der Waals surface area contributed by atoms with Gasteiger partial charge in [0.05, 0.1) is 0 Å². The minimum Gasteiger partial charge on any atom is -0.382 e. The molecule has 2 heterocycles. The standard InChI is InChI=1S/C10H14N4S2/c1-6-4-14(5-7(2)15-6)10-8(3-11)9(12)13-16-10/h6-7H,4-5H2,1-2H3,(H2,12,13). The predicted molar refractivity (Wildman–Crippen MR) is 70.0 cm³/mol. The molecular weight excluding hydrogens is 240 g/mol. The van der Waals surface area contributed by atoms with Crippen LogP contribution in [0.15, 0.2) is 0 Å². The fourth-order valence-corrected chi connectivity index (χ4v) is 4.07. The monoisotopic (exact) mass is 254 g/mol. The third-order valence-electron chi connectivity index (χ3n) is 2.52. The molecule has 1 saturated heterocycles. The quantitative estimate of drug-likeness (QED) is 0.829. The van der Waals surface area contributed by atoms with Gasteiger partial charge in [-0.25, -0.2) is 0 Å². The Morgan fingerprint density at radius 3 is 2.62 bits per heavy atom. The zero-order valence-electron chi connectivity index (χ0n) is 9.30. The molecule has 16 heavy (non-hydrogen) atoms. The Kier molecular flexibility index (Phi) is 3.26. The normalized spacial score (nSPS) is 25.4. The van der Waals surface area contributed by atoms with Gasteiger partial charge in [0.2, 0.25) is 0 Å². The molecule has 0 bridgehead atoms. The van der Waals surface area contributed by atoms with Crippen LogP contribution in [0.2, 0.25) is 0 Å². The van der Waals surface area contributed by atoms with Crippen molar-refractivity contribution in [1.29, 1.82) is 5.26 Å². The molecule has 2 atom stereocenters. The van der Waals surface area contributed by atoms with Crippen molar-refractivity contribution in [3.05, 3.63) is 5.56 Å². The summed E-state index contributed by atoms with van der Waals surface area (Å²) in [6, 6.07) is 2.15. The first-order valence-electron chi connectivity index (χ1n) is 5.17. The van der Waals surface area contributed by atoms with Crippen molar-refractivity contribution >= 4 is 34.1 Å². The summed E-state index contributed by atoms with van der Waals surface area (Å²) in [7, 11) is 0. The summed E-state index contributed by atoms with van der Waals surface area (Å²) >= 11 is 3.32. The van der Waals surface area contributed by atoms with Crippen LogP contribution in [0.1, 0.15) is 19.4 Å². The lowest BCUT2D eigenvalue weighted by Crippen LogP contribution is -2.40. The SMILES string of the molecule is CC1CN(c2snc(N)c2C#N)CC(C)S1. The molecule has 0 aromatic carbocycles. The van der Waals surface area contributed by atoms with E-state index in [1.165, 1.54) is 11.5 Å². The third kappa shape index (κ3) is 2.11. The summed E-state index contributed by atoms with van der Waals surface area (Å²) in [5.74, 6) is 0.362. The molecule has 2 N–H and O–H groups in total. The highest BCUT2D eigenvalue weighted by Gasteiger charge is 2.26. The Morgan fingerprint density at radius 2 is 2.06 bits per heavy atom. The van der Waals surface area contributed by atoms with Gasteiger partial charge in [-0.05, 0) is 11.5 Å². The molecule has 0 amide bonds. The molecule has 0 spiro atoms. The maximum absolute atomic E-state index is 9.06. The van der Waals surface area contributed by atoms with Crippen molar-refractivity contribution in [3.63, 3.8) is 0 Å². The van der Waals surface area contributed by atoms with Crippen LogP contribution in [-0.4, -0.2) is 28.0 Å². The molecule has 2 rings (SSSR count). The van der Waals surface area contributed by atoms with Crippen molar-refractivity contribution < 1.29 is 0 Å². The largest absolute Gasteiger partial charge is 0.382 e. The Balaban J connectivity index is 2.27. The summed E-state index contributed by atoms with van der Waals surface area (Å²) < 4.78 is 4.06. The van der Waals surface area contributed by atoms with E-state index < -0.39 is 0 Å². The molecule has 6 heteroatoms. The molecule has 2 unspecified atom stereocenters. The topological polar surface area (TPSA) is 65.9 Å². The van der Waals surface area contributed by atoms with E-state index in [1.54, 1.807) is 0 Å². The zero-order chi connectivity index (χ0) is 11.7. The van der Waals surface area contributed by atoms with Gasteiger partial charge in [-0.2, -0.15) is 21.4 Å². The molecule has 0 aliphatic carbocycles. The smallest absolute Gasteiger partial charge is 0.157 e. The average molecular weight is 254 g/mol. The van der Waals surface area contributed by atoms with Gasteiger partial charge in [-0.3, -0.25) is 0 Å². The number of aromatic nitrogens is 1. The summed E-state index contributed by atoms with van der Waals surface area (Å²) in [4.78, 5) is 2.23. The van der Waals surface area contributed by atoms with Crippen molar-refractivity contribution in [2.45, 2.75) is 24.3 Å².